The molecule has 0 atom stereocenters. The fourth-order valence-corrected chi connectivity index (χ4v) is 2.70. The lowest BCUT2D eigenvalue weighted by Gasteiger charge is -2.06. The van der Waals surface area contributed by atoms with E-state index in [1.54, 1.807) is 30.5 Å². The van der Waals surface area contributed by atoms with E-state index in [0.29, 0.717) is 11.2 Å². The Balaban J connectivity index is 2.09. The molecule has 3 aromatic heterocycles. The molecule has 0 spiro atoms. The van der Waals surface area contributed by atoms with E-state index >= 15 is 0 Å². The maximum Gasteiger partial charge on any atom is 0.234 e. The summed E-state index contributed by atoms with van der Waals surface area (Å²) < 4.78 is 14.9. The number of aromatic nitrogens is 3. The molecule has 6 heteroatoms. The number of imidazole rings is 1. The Bertz CT molecular complexity index is 705. The molecule has 4 nitrogen and oxygen atoms in total. The molecular formula is C13H13FN4S. The predicted molar refractivity (Wildman–Crippen MR) is 75.3 cm³/mol. The summed E-state index contributed by atoms with van der Waals surface area (Å²) in [5, 5.41) is 5.00. The van der Waals surface area contributed by atoms with E-state index in [1.807, 2.05) is 31.1 Å². The van der Waals surface area contributed by atoms with Crippen molar-refractivity contribution in [1.82, 2.24) is 14.6 Å². The van der Waals surface area contributed by atoms with Gasteiger partial charge in [-0.05, 0) is 25.1 Å². The van der Waals surface area contributed by atoms with Crippen LogP contribution in [0.5, 0.6) is 0 Å². The first-order chi connectivity index (χ1) is 9.04. The van der Waals surface area contributed by atoms with Gasteiger partial charge in [0.25, 0.3) is 0 Å². The van der Waals surface area contributed by atoms with Gasteiger partial charge in [-0.1, -0.05) is 0 Å². The Morgan fingerprint density at radius 1 is 1.32 bits per heavy atom. The van der Waals surface area contributed by atoms with Crippen LogP contribution in [0.1, 0.15) is 5.56 Å². The lowest BCUT2D eigenvalue weighted by Crippen LogP contribution is -2.05. The van der Waals surface area contributed by atoms with Crippen molar-refractivity contribution in [2.75, 3.05) is 19.0 Å². The second kappa shape index (κ2) is 4.31. The highest BCUT2D eigenvalue weighted by molar-refractivity contribution is 7.19. The van der Waals surface area contributed by atoms with E-state index in [2.05, 4.69) is 10.1 Å². The number of thiophene rings is 1. The highest BCUT2D eigenvalue weighted by atomic mass is 32.1. The van der Waals surface area contributed by atoms with Crippen LogP contribution >= 0.6 is 11.3 Å². The highest BCUT2D eigenvalue weighted by Crippen LogP contribution is 2.32. The topological polar surface area (TPSA) is 33.4 Å². The van der Waals surface area contributed by atoms with Gasteiger partial charge in [0.05, 0.1) is 16.1 Å². The van der Waals surface area contributed by atoms with Gasteiger partial charge in [-0.3, -0.25) is 0 Å². The first-order valence-electron chi connectivity index (χ1n) is 5.84. The summed E-state index contributed by atoms with van der Waals surface area (Å²) in [4.78, 5) is 7.58. The van der Waals surface area contributed by atoms with Gasteiger partial charge in [-0.2, -0.15) is 4.39 Å². The van der Waals surface area contributed by atoms with E-state index in [0.717, 1.165) is 15.6 Å². The summed E-state index contributed by atoms with van der Waals surface area (Å²) in [6, 6.07) is 5.76. The van der Waals surface area contributed by atoms with Gasteiger partial charge < -0.3 is 4.90 Å². The van der Waals surface area contributed by atoms with Crippen LogP contribution in [0.2, 0.25) is 0 Å². The van der Waals surface area contributed by atoms with Gasteiger partial charge in [-0.15, -0.1) is 16.4 Å². The summed E-state index contributed by atoms with van der Waals surface area (Å²) in [5.41, 5.74) is 1.98. The van der Waals surface area contributed by atoms with Gasteiger partial charge in [0.1, 0.15) is 5.69 Å². The van der Waals surface area contributed by atoms with Crippen molar-refractivity contribution in [3.8, 4) is 10.6 Å². The second-order valence-corrected chi connectivity index (χ2v) is 5.64. The quantitative estimate of drug-likeness (QED) is 0.721. The van der Waals surface area contributed by atoms with E-state index < -0.39 is 5.95 Å². The third kappa shape index (κ3) is 2.08. The Kier molecular flexibility index (Phi) is 2.74. The molecule has 98 valence electrons. The average Bonchev–Trinajstić information content (AvgIpc) is 2.95. The zero-order chi connectivity index (χ0) is 13.6. The molecule has 0 aliphatic carbocycles. The van der Waals surface area contributed by atoms with Crippen LogP contribution in [0, 0.1) is 12.9 Å². The molecule has 3 aromatic rings. The number of nitrogens with zero attached hydrogens (tertiary/aromatic N) is 4. The van der Waals surface area contributed by atoms with Gasteiger partial charge >= 0.3 is 0 Å². The fourth-order valence-electron chi connectivity index (χ4n) is 1.82. The van der Waals surface area contributed by atoms with Gasteiger partial charge in [-0.25, -0.2) is 9.50 Å². The average molecular weight is 276 g/mol. The van der Waals surface area contributed by atoms with Gasteiger partial charge in [0.2, 0.25) is 5.95 Å². The molecular weight excluding hydrogens is 263 g/mol. The van der Waals surface area contributed by atoms with E-state index in [-0.39, 0.29) is 0 Å². The first-order valence-corrected chi connectivity index (χ1v) is 6.66. The molecule has 3 heterocycles. The summed E-state index contributed by atoms with van der Waals surface area (Å²) in [6.07, 6.45) is 1.75. The van der Waals surface area contributed by atoms with Crippen molar-refractivity contribution >= 4 is 22.0 Å². The molecule has 0 fully saturated rings. The summed E-state index contributed by atoms with van der Waals surface area (Å²) in [5.74, 6) is -0.461. The Morgan fingerprint density at radius 2 is 2.11 bits per heavy atom. The maximum absolute atomic E-state index is 13.4. The third-order valence-corrected chi connectivity index (χ3v) is 4.14. The van der Waals surface area contributed by atoms with Crippen molar-refractivity contribution in [3.05, 3.63) is 35.9 Å². The van der Waals surface area contributed by atoms with Crippen molar-refractivity contribution in [2.24, 2.45) is 0 Å². The van der Waals surface area contributed by atoms with E-state index in [1.165, 1.54) is 4.52 Å². The molecule has 0 aliphatic heterocycles. The lowest BCUT2D eigenvalue weighted by atomic mass is 10.3. The molecule has 0 saturated carbocycles. The lowest BCUT2D eigenvalue weighted by molar-refractivity contribution is 0.546. The van der Waals surface area contributed by atoms with Crippen LogP contribution in [0.25, 0.3) is 16.2 Å². The Hall–Kier alpha value is -1.95. The molecule has 0 aromatic carbocycles. The number of hydrogen-bond acceptors (Lipinski definition) is 4. The number of fused-ring (bicyclic) bond motifs is 1. The summed E-state index contributed by atoms with van der Waals surface area (Å²) in [6.45, 7) is 1.69. The van der Waals surface area contributed by atoms with Gasteiger partial charge in [0.15, 0.2) is 5.65 Å². The maximum atomic E-state index is 13.4. The SMILES string of the molecule is Cc1cc2nc(-c3ccc(N(C)C)s3)cn2nc1F. The van der Waals surface area contributed by atoms with E-state index in [4.69, 9.17) is 0 Å². The van der Waals surface area contributed by atoms with Crippen molar-refractivity contribution in [3.63, 3.8) is 0 Å². The molecule has 3 rings (SSSR count). The number of hydrogen-bond donors (Lipinski definition) is 0. The number of halogens is 1. The van der Waals surface area contributed by atoms with Crippen LogP contribution in [0.4, 0.5) is 9.39 Å². The Morgan fingerprint density at radius 3 is 2.79 bits per heavy atom. The predicted octanol–water partition coefficient (Wildman–Crippen LogP) is 2.97. The molecule has 0 saturated heterocycles. The van der Waals surface area contributed by atoms with Gasteiger partial charge in [0, 0.05) is 19.7 Å². The molecule has 0 amide bonds. The minimum absolute atomic E-state index is 0.461. The minimum Gasteiger partial charge on any atom is -0.370 e. The minimum atomic E-state index is -0.461. The number of aryl methyl sites for hydroxylation is 1. The molecule has 0 radical (unpaired) electrons. The fraction of sp³-hybridized carbons (Fsp3) is 0.231. The molecule has 0 N–H and O–H groups in total. The zero-order valence-electron chi connectivity index (χ0n) is 10.9. The zero-order valence-corrected chi connectivity index (χ0v) is 11.7. The van der Waals surface area contributed by atoms with Crippen molar-refractivity contribution in [2.45, 2.75) is 6.92 Å². The normalized spacial score (nSPS) is 11.2. The molecule has 0 bridgehead atoms. The van der Waals surface area contributed by atoms with Crippen LogP contribution in [-0.4, -0.2) is 28.7 Å². The van der Waals surface area contributed by atoms with Crippen molar-refractivity contribution < 1.29 is 4.39 Å². The monoisotopic (exact) mass is 276 g/mol. The van der Waals surface area contributed by atoms with E-state index in [9.17, 15) is 4.39 Å². The molecule has 0 unspecified atom stereocenters. The first kappa shape index (κ1) is 12.1. The van der Waals surface area contributed by atoms with Crippen LogP contribution in [0.3, 0.4) is 0 Å². The van der Waals surface area contributed by atoms with Crippen molar-refractivity contribution in [1.29, 1.82) is 0 Å². The molecule has 19 heavy (non-hydrogen) atoms. The molecule has 0 aliphatic rings. The third-order valence-electron chi connectivity index (χ3n) is 2.87. The smallest absolute Gasteiger partial charge is 0.234 e. The van der Waals surface area contributed by atoms with Crippen LogP contribution in [0.15, 0.2) is 24.4 Å². The number of anilines is 1. The highest BCUT2D eigenvalue weighted by Gasteiger charge is 2.10. The second-order valence-electron chi connectivity index (χ2n) is 4.58. The standard InChI is InChI=1S/C13H13FN4S/c1-8-6-11-15-9(7-18(11)16-13(8)14)10-4-5-12(19-10)17(2)3/h4-7H,1-3H3. The van der Waals surface area contributed by atoms with Crippen LogP contribution < -0.4 is 4.90 Å². The largest absolute Gasteiger partial charge is 0.370 e. The van der Waals surface area contributed by atoms with Crippen LogP contribution in [-0.2, 0) is 0 Å². The number of rotatable bonds is 2. The Labute approximate surface area is 114 Å². The summed E-state index contributed by atoms with van der Waals surface area (Å²) in [7, 11) is 4.00. The summed E-state index contributed by atoms with van der Waals surface area (Å²) >= 11 is 1.65.